The van der Waals surface area contributed by atoms with Gasteiger partial charge in [0, 0.05) is 16.8 Å². The molecule has 0 saturated carbocycles. The minimum absolute atomic E-state index is 0.337. The molecule has 0 spiro atoms. The molecule has 0 radical (unpaired) electrons. The van der Waals surface area contributed by atoms with Gasteiger partial charge in [-0.3, -0.25) is 0 Å². The summed E-state index contributed by atoms with van der Waals surface area (Å²) in [6.07, 6.45) is 0. The Morgan fingerprint density at radius 3 is 2.44 bits per heavy atom. The van der Waals surface area contributed by atoms with Crippen molar-refractivity contribution in [1.82, 2.24) is 0 Å². The average Bonchev–Trinajstić information content (AvgIpc) is 2.23. The first-order valence-electron chi connectivity index (χ1n) is 4.59. The van der Waals surface area contributed by atoms with Gasteiger partial charge in [-0.1, -0.05) is 35.3 Å². The van der Waals surface area contributed by atoms with Gasteiger partial charge in [0.25, 0.3) is 0 Å². The molecule has 16 heavy (non-hydrogen) atoms. The van der Waals surface area contributed by atoms with E-state index in [4.69, 9.17) is 28.9 Å². The highest BCUT2D eigenvalue weighted by molar-refractivity contribution is 6.43. The second kappa shape index (κ2) is 4.32. The summed E-state index contributed by atoms with van der Waals surface area (Å²) in [5.74, 6) is -0.376. The third-order valence-electron chi connectivity index (χ3n) is 2.26. The van der Waals surface area contributed by atoms with Gasteiger partial charge in [-0.2, -0.15) is 0 Å². The molecule has 2 aromatic carbocycles. The fraction of sp³-hybridized carbons (Fsp3) is 0. The predicted molar refractivity (Wildman–Crippen MR) is 66.3 cm³/mol. The smallest absolute Gasteiger partial charge is 0.125 e. The topological polar surface area (TPSA) is 26.0 Å². The predicted octanol–water partition coefficient (Wildman–Crippen LogP) is 4.38. The summed E-state index contributed by atoms with van der Waals surface area (Å²) < 4.78 is 12.9. The number of hydrogen-bond acceptors (Lipinski definition) is 1. The van der Waals surface area contributed by atoms with Gasteiger partial charge in [0.05, 0.1) is 10.0 Å². The van der Waals surface area contributed by atoms with Gasteiger partial charge in [0.2, 0.25) is 0 Å². The van der Waals surface area contributed by atoms with E-state index in [2.05, 4.69) is 0 Å². The van der Waals surface area contributed by atoms with Gasteiger partial charge in [0.1, 0.15) is 5.82 Å². The molecule has 0 heterocycles. The maximum absolute atomic E-state index is 12.9. The number of halogens is 3. The van der Waals surface area contributed by atoms with Gasteiger partial charge in [-0.25, -0.2) is 4.39 Å². The van der Waals surface area contributed by atoms with E-state index in [9.17, 15) is 4.39 Å². The first-order valence-corrected chi connectivity index (χ1v) is 5.34. The number of hydrogen-bond donors (Lipinski definition) is 1. The monoisotopic (exact) mass is 255 g/mol. The van der Waals surface area contributed by atoms with Crippen LogP contribution in [0.2, 0.25) is 10.0 Å². The molecule has 82 valence electrons. The SMILES string of the molecule is Nc1cc(F)ccc1-c1cccc(Cl)c1Cl. The lowest BCUT2D eigenvalue weighted by molar-refractivity contribution is 0.628. The molecule has 2 rings (SSSR count). The van der Waals surface area contributed by atoms with Crippen LogP contribution in [-0.2, 0) is 0 Å². The Kier molecular flexibility index (Phi) is 3.03. The van der Waals surface area contributed by atoms with Crippen LogP contribution >= 0.6 is 23.2 Å². The number of rotatable bonds is 1. The minimum Gasteiger partial charge on any atom is -0.398 e. The Balaban J connectivity index is 2.63. The van der Waals surface area contributed by atoms with Crippen molar-refractivity contribution in [2.75, 3.05) is 5.73 Å². The van der Waals surface area contributed by atoms with Crippen LogP contribution < -0.4 is 5.73 Å². The molecule has 0 fully saturated rings. The molecule has 0 atom stereocenters. The third-order valence-corrected chi connectivity index (χ3v) is 3.07. The molecule has 0 aliphatic heterocycles. The number of benzene rings is 2. The van der Waals surface area contributed by atoms with Crippen LogP contribution in [0.4, 0.5) is 10.1 Å². The van der Waals surface area contributed by atoms with Crippen molar-refractivity contribution >= 4 is 28.9 Å². The van der Waals surface area contributed by atoms with Crippen molar-refractivity contribution < 1.29 is 4.39 Å². The zero-order valence-electron chi connectivity index (χ0n) is 8.18. The Hall–Kier alpha value is -1.25. The first kappa shape index (κ1) is 11.2. The van der Waals surface area contributed by atoms with E-state index in [1.54, 1.807) is 24.3 Å². The third kappa shape index (κ3) is 1.99. The molecule has 0 aromatic heterocycles. The van der Waals surface area contributed by atoms with Gasteiger partial charge < -0.3 is 5.73 Å². The zero-order chi connectivity index (χ0) is 11.7. The fourth-order valence-electron chi connectivity index (χ4n) is 1.49. The molecule has 0 unspecified atom stereocenters. The number of nitrogens with two attached hydrogens (primary N) is 1. The molecule has 0 aliphatic carbocycles. The Morgan fingerprint density at radius 1 is 1.00 bits per heavy atom. The molecular formula is C12H8Cl2FN. The summed E-state index contributed by atoms with van der Waals surface area (Å²) in [5.41, 5.74) is 7.44. The molecule has 0 saturated heterocycles. The molecule has 4 heteroatoms. The van der Waals surface area contributed by atoms with Gasteiger partial charge in [-0.05, 0) is 24.3 Å². The Morgan fingerprint density at radius 2 is 1.75 bits per heavy atom. The average molecular weight is 256 g/mol. The summed E-state index contributed by atoms with van der Waals surface area (Å²) in [5, 5.41) is 0.866. The molecule has 0 bridgehead atoms. The Labute approximate surface area is 103 Å². The maximum Gasteiger partial charge on any atom is 0.125 e. The lowest BCUT2D eigenvalue weighted by Crippen LogP contribution is -1.92. The van der Waals surface area contributed by atoms with Crippen LogP contribution in [0.3, 0.4) is 0 Å². The molecule has 2 N–H and O–H groups in total. The van der Waals surface area contributed by atoms with E-state index in [0.29, 0.717) is 26.9 Å². The largest absolute Gasteiger partial charge is 0.398 e. The molecule has 2 aromatic rings. The molecule has 0 aliphatic rings. The number of nitrogen functional groups attached to an aromatic ring is 1. The summed E-state index contributed by atoms with van der Waals surface area (Å²) >= 11 is 12.0. The summed E-state index contributed by atoms with van der Waals surface area (Å²) in [6, 6.07) is 9.43. The minimum atomic E-state index is -0.376. The molecular weight excluding hydrogens is 248 g/mol. The van der Waals surface area contributed by atoms with Crippen molar-refractivity contribution in [3.63, 3.8) is 0 Å². The van der Waals surface area contributed by atoms with E-state index in [0.717, 1.165) is 0 Å². The highest BCUT2D eigenvalue weighted by atomic mass is 35.5. The van der Waals surface area contributed by atoms with E-state index >= 15 is 0 Å². The zero-order valence-corrected chi connectivity index (χ0v) is 9.69. The van der Waals surface area contributed by atoms with Gasteiger partial charge in [0.15, 0.2) is 0 Å². The molecule has 0 amide bonds. The van der Waals surface area contributed by atoms with E-state index in [-0.39, 0.29) is 5.82 Å². The highest BCUT2D eigenvalue weighted by Gasteiger charge is 2.09. The normalized spacial score (nSPS) is 10.4. The van der Waals surface area contributed by atoms with E-state index in [1.165, 1.54) is 12.1 Å². The standard InChI is InChI=1S/C12H8Cl2FN/c13-10-3-1-2-9(12(10)14)8-5-4-7(15)6-11(8)16/h1-6H,16H2. The quantitative estimate of drug-likeness (QED) is 0.752. The van der Waals surface area contributed by atoms with E-state index < -0.39 is 0 Å². The fourth-order valence-corrected chi connectivity index (χ4v) is 1.89. The van der Waals surface area contributed by atoms with Crippen LogP contribution in [0.25, 0.3) is 11.1 Å². The number of anilines is 1. The van der Waals surface area contributed by atoms with Crippen molar-refractivity contribution in [3.05, 3.63) is 52.3 Å². The lowest BCUT2D eigenvalue weighted by atomic mass is 10.0. The lowest BCUT2D eigenvalue weighted by Gasteiger charge is -2.08. The van der Waals surface area contributed by atoms with Crippen molar-refractivity contribution in [2.24, 2.45) is 0 Å². The van der Waals surface area contributed by atoms with Crippen molar-refractivity contribution in [3.8, 4) is 11.1 Å². The Bertz CT molecular complexity index is 541. The van der Waals surface area contributed by atoms with Crippen LogP contribution in [0.1, 0.15) is 0 Å². The summed E-state index contributed by atoms with van der Waals surface area (Å²) in [4.78, 5) is 0. The van der Waals surface area contributed by atoms with Gasteiger partial charge >= 0.3 is 0 Å². The van der Waals surface area contributed by atoms with Crippen LogP contribution in [-0.4, -0.2) is 0 Å². The second-order valence-corrected chi connectivity index (χ2v) is 4.12. The van der Waals surface area contributed by atoms with Gasteiger partial charge in [-0.15, -0.1) is 0 Å². The van der Waals surface area contributed by atoms with Crippen LogP contribution in [0, 0.1) is 5.82 Å². The second-order valence-electron chi connectivity index (χ2n) is 3.33. The van der Waals surface area contributed by atoms with E-state index in [1.807, 2.05) is 0 Å². The van der Waals surface area contributed by atoms with Crippen LogP contribution in [0.15, 0.2) is 36.4 Å². The van der Waals surface area contributed by atoms with Crippen molar-refractivity contribution in [2.45, 2.75) is 0 Å². The highest BCUT2D eigenvalue weighted by Crippen LogP contribution is 2.36. The maximum atomic E-state index is 12.9. The summed E-state index contributed by atoms with van der Waals surface area (Å²) in [7, 11) is 0. The van der Waals surface area contributed by atoms with Crippen LogP contribution in [0.5, 0.6) is 0 Å². The summed E-state index contributed by atoms with van der Waals surface area (Å²) in [6.45, 7) is 0. The van der Waals surface area contributed by atoms with Crippen molar-refractivity contribution in [1.29, 1.82) is 0 Å². The molecule has 1 nitrogen and oxygen atoms in total. The first-order chi connectivity index (χ1) is 7.59.